The zero-order valence-electron chi connectivity index (χ0n) is 12.6. The first kappa shape index (κ1) is 18.0. The van der Waals surface area contributed by atoms with Gasteiger partial charge in [-0.2, -0.15) is 13.2 Å². The third-order valence-corrected chi connectivity index (χ3v) is 2.87. The van der Waals surface area contributed by atoms with Crippen molar-refractivity contribution in [2.45, 2.75) is 6.18 Å². The predicted molar refractivity (Wildman–Crippen MR) is 79.5 cm³/mol. The second kappa shape index (κ2) is 7.51. The van der Waals surface area contributed by atoms with Crippen molar-refractivity contribution in [3.8, 4) is 0 Å². The van der Waals surface area contributed by atoms with Crippen LogP contribution in [0.4, 0.5) is 29.5 Å². The summed E-state index contributed by atoms with van der Waals surface area (Å²) in [5.41, 5.74) is 4.25. The van der Waals surface area contributed by atoms with Gasteiger partial charge in [-0.25, -0.2) is 9.42 Å². The van der Waals surface area contributed by atoms with E-state index in [1.807, 2.05) is 0 Å². The molecule has 25 heavy (non-hydrogen) atoms. The third kappa shape index (κ3) is 5.09. The molecule has 9 nitrogen and oxygen atoms in total. The lowest BCUT2D eigenvalue weighted by molar-refractivity contribution is -0.137. The van der Waals surface area contributed by atoms with Crippen molar-refractivity contribution in [2.75, 3.05) is 24.1 Å². The first-order chi connectivity index (χ1) is 11.8. The molecular formula is C13H13F3N6O3. The van der Waals surface area contributed by atoms with Crippen molar-refractivity contribution in [1.82, 2.24) is 20.9 Å². The first-order valence-corrected chi connectivity index (χ1v) is 6.85. The van der Waals surface area contributed by atoms with Gasteiger partial charge in [0.05, 0.1) is 5.56 Å². The van der Waals surface area contributed by atoms with E-state index in [1.165, 1.54) is 12.1 Å². The maximum absolute atomic E-state index is 12.6. The smallest absolute Gasteiger partial charge is 0.379 e. The minimum atomic E-state index is -4.50. The zero-order valence-corrected chi connectivity index (χ0v) is 12.6. The number of alkyl halides is 3. The molecule has 0 fully saturated rings. The van der Waals surface area contributed by atoms with E-state index in [2.05, 4.69) is 30.9 Å². The number of nitrogens with one attached hydrogen (secondary N) is 3. The molecule has 0 unspecified atom stereocenters. The Bertz CT molecular complexity index is 761. The zero-order chi connectivity index (χ0) is 18.4. The predicted octanol–water partition coefficient (Wildman–Crippen LogP) is 1.22. The van der Waals surface area contributed by atoms with E-state index in [1.54, 1.807) is 0 Å². The number of carbonyl (C=O) groups is 2. The van der Waals surface area contributed by atoms with E-state index in [9.17, 15) is 22.8 Å². The fourth-order valence-corrected chi connectivity index (χ4v) is 1.74. The molecule has 0 radical (unpaired) electrons. The van der Waals surface area contributed by atoms with Crippen molar-refractivity contribution >= 4 is 23.4 Å². The third-order valence-electron chi connectivity index (χ3n) is 2.87. The Labute approximate surface area is 138 Å². The maximum atomic E-state index is 12.6. The molecule has 1 heterocycles. The monoisotopic (exact) mass is 358 g/mol. The Balaban J connectivity index is 1.76. The summed E-state index contributed by atoms with van der Waals surface area (Å²) in [4.78, 5) is 23.2. The van der Waals surface area contributed by atoms with Gasteiger partial charge in [-0.3, -0.25) is 4.79 Å². The highest BCUT2D eigenvalue weighted by atomic mass is 19.4. The van der Waals surface area contributed by atoms with Crippen LogP contribution in [0, 0.1) is 0 Å². The number of anilines is 2. The Kier molecular flexibility index (Phi) is 5.41. The van der Waals surface area contributed by atoms with Crippen molar-refractivity contribution in [2.24, 2.45) is 0 Å². The summed E-state index contributed by atoms with van der Waals surface area (Å²) < 4.78 is 42.0. The maximum Gasteiger partial charge on any atom is 0.416 e. The number of hydrogen-bond acceptors (Lipinski definition) is 6. The van der Waals surface area contributed by atoms with Crippen LogP contribution >= 0.6 is 0 Å². The lowest BCUT2D eigenvalue weighted by atomic mass is 10.2. The van der Waals surface area contributed by atoms with E-state index >= 15 is 0 Å². The van der Waals surface area contributed by atoms with Gasteiger partial charge < -0.3 is 21.7 Å². The number of rotatable bonds is 5. The lowest BCUT2D eigenvalue weighted by Gasteiger charge is -2.11. The topological polar surface area (TPSA) is 135 Å². The molecule has 2 rings (SSSR count). The molecule has 0 saturated heterocycles. The molecule has 0 bridgehead atoms. The van der Waals surface area contributed by atoms with Gasteiger partial charge in [0.2, 0.25) is 11.5 Å². The molecular weight excluding hydrogens is 345 g/mol. The van der Waals surface area contributed by atoms with Gasteiger partial charge in [-0.1, -0.05) is 6.07 Å². The fraction of sp³-hybridized carbons (Fsp3) is 0.231. The van der Waals surface area contributed by atoms with Gasteiger partial charge >= 0.3 is 12.2 Å². The number of hydrogen-bond donors (Lipinski definition) is 4. The molecule has 0 aliphatic heterocycles. The van der Waals surface area contributed by atoms with Crippen LogP contribution in [0.15, 0.2) is 28.9 Å². The average Bonchev–Trinajstić information content (AvgIpc) is 2.97. The van der Waals surface area contributed by atoms with Crippen LogP contribution < -0.4 is 21.7 Å². The molecule has 12 heteroatoms. The normalized spacial score (nSPS) is 11.0. The summed E-state index contributed by atoms with van der Waals surface area (Å²) in [7, 11) is 0. The van der Waals surface area contributed by atoms with Crippen LogP contribution in [0.5, 0.6) is 0 Å². The number of urea groups is 1. The summed E-state index contributed by atoms with van der Waals surface area (Å²) >= 11 is 0. The van der Waals surface area contributed by atoms with Crippen molar-refractivity contribution in [3.63, 3.8) is 0 Å². The minimum Gasteiger partial charge on any atom is -0.379 e. The Morgan fingerprint density at radius 2 is 1.88 bits per heavy atom. The molecule has 0 saturated carbocycles. The van der Waals surface area contributed by atoms with Crippen LogP contribution in [0.2, 0.25) is 0 Å². The standard InChI is InChI=1S/C13H13F3N6O3/c14-13(15,16)7-2-1-3-8(6-7)20-12(24)19-5-4-18-11(23)9-10(17)22-25-21-9/h1-3,6H,4-5H2,(H2,17,22)(H,18,23)(H2,19,20,24). The number of nitrogens with two attached hydrogens (primary N) is 1. The van der Waals surface area contributed by atoms with Crippen LogP contribution in [-0.4, -0.2) is 35.3 Å². The fourth-order valence-electron chi connectivity index (χ4n) is 1.74. The van der Waals surface area contributed by atoms with E-state index in [0.717, 1.165) is 12.1 Å². The summed E-state index contributed by atoms with van der Waals surface area (Å²) in [5.74, 6) is -0.813. The molecule has 1 aromatic heterocycles. The molecule has 134 valence electrons. The van der Waals surface area contributed by atoms with Crippen molar-refractivity contribution in [3.05, 3.63) is 35.5 Å². The largest absolute Gasteiger partial charge is 0.416 e. The molecule has 0 spiro atoms. The van der Waals surface area contributed by atoms with Crippen molar-refractivity contribution in [1.29, 1.82) is 0 Å². The number of carbonyl (C=O) groups excluding carboxylic acids is 2. The second-order valence-corrected chi connectivity index (χ2v) is 4.71. The van der Waals surface area contributed by atoms with Crippen LogP contribution in [-0.2, 0) is 6.18 Å². The number of nitrogen functional groups attached to an aromatic ring is 1. The Morgan fingerprint density at radius 1 is 1.16 bits per heavy atom. The van der Waals surface area contributed by atoms with Gasteiger partial charge in [0, 0.05) is 18.8 Å². The van der Waals surface area contributed by atoms with Gasteiger partial charge in [0.25, 0.3) is 5.91 Å². The number of aromatic nitrogens is 2. The second-order valence-electron chi connectivity index (χ2n) is 4.71. The quantitative estimate of drug-likeness (QED) is 0.594. The van der Waals surface area contributed by atoms with Gasteiger partial charge in [0.15, 0.2) is 0 Å². The Morgan fingerprint density at radius 3 is 2.52 bits per heavy atom. The Hall–Kier alpha value is -3.31. The van der Waals surface area contributed by atoms with Gasteiger partial charge in [-0.15, -0.1) is 0 Å². The summed E-state index contributed by atoms with van der Waals surface area (Å²) in [6.45, 7) is 0.0445. The SMILES string of the molecule is Nc1nonc1C(=O)NCCNC(=O)Nc1cccc(C(F)(F)F)c1. The van der Waals surface area contributed by atoms with E-state index < -0.39 is 23.7 Å². The summed E-state index contributed by atoms with van der Waals surface area (Å²) in [6.07, 6.45) is -4.50. The number of nitrogens with zero attached hydrogens (tertiary/aromatic N) is 2. The van der Waals surface area contributed by atoms with Crippen LogP contribution in [0.3, 0.4) is 0 Å². The summed E-state index contributed by atoms with van der Waals surface area (Å²) in [6, 6.07) is 3.47. The summed E-state index contributed by atoms with van der Waals surface area (Å²) in [5, 5.41) is 13.6. The number of benzene rings is 1. The molecule has 5 N–H and O–H groups in total. The highest BCUT2D eigenvalue weighted by molar-refractivity contribution is 5.96. The average molecular weight is 358 g/mol. The van der Waals surface area contributed by atoms with E-state index in [4.69, 9.17) is 5.73 Å². The van der Waals surface area contributed by atoms with Crippen molar-refractivity contribution < 1.29 is 27.4 Å². The van der Waals surface area contributed by atoms with Gasteiger partial charge in [-0.05, 0) is 28.5 Å². The molecule has 0 atom stereocenters. The van der Waals surface area contributed by atoms with Crippen LogP contribution in [0.1, 0.15) is 16.1 Å². The molecule has 3 amide bonds. The van der Waals surface area contributed by atoms with E-state index in [0.29, 0.717) is 0 Å². The molecule has 0 aliphatic rings. The molecule has 2 aromatic rings. The highest BCUT2D eigenvalue weighted by Gasteiger charge is 2.30. The van der Waals surface area contributed by atoms with E-state index in [-0.39, 0.29) is 30.3 Å². The molecule has 0 aliphatic carbocycles. The lowest BCUT2D eigenvalue weighted by Crippen LogP contribution is -2.37. The first-order valence-electron chi connectivity index (χ1n) is 6.85. The number of amides is 3. The minimum absolute atomic E-state index is 0.0156. The highest BCUT2D eigenvalue weighted by Crippen LogP contribution is 2.30. The number of halogens is 3. The van der Waals surface area contributed by atoms with Gasteiger partial charge in [0.1, 0.15) is 0 Å². The van der Waals surface area contributed by atoms with Crippen LogP contribution in [0.25, 0.3) is 0 Å². The molecule has 1 aromatic carbocycles.